The Morgan fingerprint density at radius 2 is 0.852 bits per heavy atom. The van der Waals surface area contributed by atoms with Crippen LogP contribution in [0.25, 0.3) is 22.3 Å². The predicted molar refractivity (Wildman–Crippen MR) is 98.2 cm³/mol. The first-order valence-corrected chi connectivity index (χ1v) is 7.91. The molecule has 3 aromatic carbocycles. The molecule has 3 rings (SSSR count). The Labute approximate surface area is 154 Å². The summed E-state index contributed by atoms with van der Waals surface area (Å²) in [6, 6.07) is 17.0. The van der Waals surface area contributed by atoms with Gasteiger partial charge in [0.15, 0.2) is 0 Å². The summed E-state index contributed by atoms with van der Waals surface area (Å²) >= 11 is 0. The molecule has 0 amide bonds. The third-order valence-corrected chi connectivity index (χ3v) is 4.07. The zero-order valence-corrected chi connectivity index (χ0v) is 13.9. The van der Waals surface area contributed by atoms with E-state index < -0.39 is 17.9 Å². The number of carboxylic acids is 3. The van der Waals surface area contributed by atoms with Crippen LogP contribution in [0.1, 0.15) is 31.1 Å². The number of hydrogen-bond acceptors (Lipinski definition) is 3. The second-order valence-electron chi connectivity index (χ2n) is 5.88. The standard InChI is InChI=1S/C21H14O6/c22-19(23)14-5-1-3-12(7-14)16-9-17(11-18(10-16)21(26)27)13-4-2-6-15(8-13)20(24)25/h1-11H,(H,22,23)(H,24,25)(H,26,27). The molecule has 0 atom stereocenters. The molecule has 0 heterocycles. The van der Waals surface area contributed by atoms with Gasteiger partial charge >= 0.3 is 17.9 Å². The molecule has 134 valence electrons. The topological polar surface area (TPSA) is 112 Å². The summed E-state index contributed by atoms with van der Waals surface area (Å²) in [4.78, 5) is 33.9. The highest BCUT2D eigenvalue weighted by Crippen LogP contribution is 2.29. The first kappa shape index (κ1) is 17.9. The van der Waals surface area contributed by atoms with Crippen molar-refractivity contribution in [3.63, 3.8) is 0 Å². The molecule has 0 aliphatic rings. The molecule has 0 radical (unpaired) electrons. The molecule has 27 heavy (non-hydrogen) atoms. The van der Waals surface area contributed by atoms with Crippen molar-refractivity contribution in [2.24, 2.45) is 0 Å². The van der Waals surface area contributed by atoms with E-state index in [0.717, 1.165) is 0 Å². The highest BCUT2D eigenvalue weighted by molar-refractivity contribution is 5.94. The van der Waals surface area contributed by atoms with Crippen LogP contribution >= 0.6 is 0 Å². The largest absolute Gasteiger partial charge is 0.478 e. The van der Waals surface area contributed by atoms with Crippen LogP contribution in [0.2, 0.25) is 0 Å². The van der Waals surface area contributed by atoms with E-state index in [2.05, 4.69) is 0 Å². The Morgan fingerprint density at radius 1 is 0.481 bits per heavy atom. The van der Waals surface area contributed by atoms with Gasteiger partial charge in [-0.05, 0) is 64.7 Å². The average molecular weight is 362 g/mol. The van der Waals surface area contributed by atoms with Crippen LogP contribution in [0.4, 0.5) is 0 Å². The quantitative estimate of drug-likeness (QED) is 0.629. The fraction of sp³-hybridized carbons (Fsp3) is 0. The van der Waals surface area contributed by atoms with Crippen molar-refractivity contribution < 1.29 is 29.7 Å². The van der Waals surface area contributed by atoms with Crippen molar-refractivity contribution in [2.75, 3.05) is 0 Å². The second-order valence-corrected chi connectivity index (χ2v) is 5.88. The van der Waals surface area contributed by atoms with Gasteiger partial charge in [0.1, 0.15) is 0 Å². The molecule has 0 unspecified atom stereocenters. The van der Waals surface area contributed by atoms with E-state index in [4.69, 9.17) is 10.2 Å². The van der Waals surface area contributed by atoms with Crippen molar-refractivity contribution in [3.8, 4) is 22.3 Å². The van der Waals surface area contributed by atoms with E-state index in [1.54, 1.807) is 30.3 Å². The van der Waals surface area contributed by atoms with E-state index in [0.29, 0.717) is 22.3 Å². The molecular formula is C21H14O6. The number of carboxylic acid groups (broad SMARTS) is 3. The van der Waals surface area contributed by atoms with Gasteiger partial charge in [-0.25, -0.2) is 14.4 Å². The Balaban J connectivity index is 2.18. The third kappa shape index (κ3) is 3.85. The SMILES string of the molecule is O=C(O)c1cccc(-c2cc(C(=O)O)cc(-c3cccc(C(=O)O)c3)c2)c1. The summed E-state index contributed by atoms with van der Waals surface area (Å²) in [5.74, 6) is -3.30. The molecule has 0 spiro atoms. The lowest BCUT2D eigenvalue weighted by atomic mass is 9.94. The number of aromatic carboxylic acids is 3. The van der Waals surface area contributed by atoms with Crippen molar-refractivity contribution in [1.29, 1.82) is 0 Å². The summed E-state index contributed by atoms with van der Waals surface area (Å²) in [5, 5.41) is 27.8. The van der Waals surface area contributed by atoms with E-state index in [1.807, 2.05) is 0 Å². The van der Waals surface area contributed by atoms with Crippen molar-refractivity contribution in [1.82, 2.24) is 0 Å². The highest BCUT2D eigenvalue weighted by Gasteiger charge is 2.12. The Bertz CT molecular complexity index is 992. The van der Waals surface area contributed by atoms with Crippen molar-refractivity contribution in [3.05, 3.63) is 83.4 Å². The molecule has 6 nitrogen and oxygen atoms in total. The fourth-order valence-corrected chi connectivity index (χ4v) is 2.75. The maximum Gasteiger partial charge on any atom is 0.335 e. The summed E-state index contributed by atoms with van der Waals surface area (Å²) in [5.41, 5.74) is 2.33. The van der Waals surface area contributed by atoms with Gasteiger partial charge in [-0.15, -0.1) is 0 Å². The van der Waals surface area contributed by atoms with Gasteiger partial charge in [-0.2, -0.15) is 0 Å². The maximum atomic E-state index is 11.5. The predicted octanol–water partition coefficient (Wildman–Crippen LogP) is 4.12. The third-order valence-electron chi connectivity index (χ3n) is 4.07. The van der Waals surface area contributed by atoms with Crippen LogP contribution in [0, 0.1) is 0 Å². The normalized spacial score (nSPS) is 10.4. The number of rotatable bonds is 5. The lowest BCUT2D eigenvalue weighted by molar-refractivity contribution is 0.0686. The van der Waals surface area contributed by atoms with Gasteiger partial charge in [-0.1, -0.05) is 24.3 Å². The summed E-state index contributed by atoms with van der Waals surface area (Å²) in [7, 11) is 0. The smallest absolute Gasteiger partial charge is 0.335 e. The van der Waals surface area contributed by atoms with Gasteiger partial charge in [0.2, 0.25) is 0 Å². The summed E-state index contributed by atoms with van der Waals surface area (Å²) < 4.78 is 0. The van der Waals surface area contributed by atoms with E-state index in [1.165, 1.54) is 36.4 Å². The van der Waals surface area contributed by atoms with Gasteiger partial charge < -0.3 is 15.3 Å². The molecule has 0 saturated carbocycles. The lowest BCUT2D eigenvalue weighted by Gasteiger charge is -2.10. The Morgan fingerprint density at radius 3 is 1.22 bits per heavy atom. The molecule has 0 fully saturated rings. The first-order chi connectivity index (χ1) is 12.8. The van der Waals surface area contributed by atoms with Crippen LogP contribution in [-0.4, -0.2) is 33.2 Å². The van der Waals surface area contributed by atoms with Gasteiger partial charge in [-0.3, -0.25) is 0 Å². The molecule has 0 saturated heterocycles. The number of benzene rings is 3. The Hall–Kier alpha value is -3.93. The monoisotopic (exact) mass is 362 g/mol. The van der Waals surface area contributed by atoms with E-state index in [9.17, 15) is 19.5 Å². The molecule has 0 aliphatic carbocycles. The molecule has 3 aromatic rings. The minimum absolute atomic E-state index is 0.0176. The molecule has 0 aliphatic heterocycles. The molecule has 6 heteroatoms. The molecular weight excluding hydrogens is 348 g/mol. The fourth-order valence-electron chi connectivity index (χ4n) is 2.75. The van der Waals surface area contributed by atoms with Crippen LogP contribution in [0.5, 0.6) is 0 Å². The van der Waals surface area contributed by atoms with Crippen LogP contribution < -0.4 is 0 Å². The van der Waals surface area contributed by atoms with Crippen LogP contribution in [0.3, 0.4) is 0 Å². The minimum atomic E-state index is -1.14. The summed E-state index contributed by atoms with van der Waals surface area (Å²) in [6.07, 6.45) is 0. The maximum absolute atomic E-state index is 11.5. The lowest BCUT2D eigenvalue weighted by Crippen LogP contribution is -1.99. The first-order valence-electron chi connectivity index (χ1n) is 7.91. The zero-order valence-electron chi connectivity index (χ0n) is 13.9. The molecule has 0 bridgehead atoms. The van der Waals surface area contributed by atoms with Crippen molar-refractivity contribution >= 4 is 17.9 Å². The molecule has 0 aromatic heterocycles. The zero-order chi connectivity index (χ0) is 19.6. The average Bonchev–Trinajstić information content (AvgIpc) is 2.67. The van der Waals surface area contributed by atoms with Gasteiger partial charge in [0.05, 0.1) is 16.7 Å². The number of hydrogen-bond donors (Lipinski definition) is 3. The van der Waals surface area contributed by atoms with E-state index in [-0.39, 0.29) is 16.7 Å². The van der Waals surface area contributed by atoms with E-state index >= 15 is 0 Å². The Kier molecular flexibility index (Phi) is 4.72. The van der Waals surface area contributed by atoms with Crippen molar-refractivity contribution in [2.45, 2.75) is 0 Å². The number of carbonyl (C=O) groups is 3. The van der Waals surface area contributed by atoms with Crippen LogP contribution in [-0.2, 0) is 0 Å². The highest BCUT2D eigenvalue weighted by atomic mass is 16.4. The van der Waals surface area contributed by atoms with Crippen LogP contribution in [0.15, 0.2) is 66.7 Å². The van der Waals surface area contributed by atoms with Gasteiger partial charge in [0.25, 0.3) is 0 Å². The van der Waals surface area contributed by atoms with Gasteiger partial charge in [0, 0.05) is 0 Å². The minimum Gasteiger partial charge on any atom is -0.478 e. The molecule has 3 N–H and O–H groups in total. The summed E-state index contributed by atoms with van der Waals surface area (Å²) in [6.45, 7) is 0. The second kappa shape index (κ2) is 7.13.